The SMILES string of the molecule is C1=CC=CNC=C1.CCCCCN. The first-order valence-electron chi connectivity index (χ1n) is 4.86. The average molecular weight is 180 g/mol. The third-order valence-electron chi connectivity index (χ3n) is 1.53. The van der Waals surface area contributed by atoms with Gasteiger partial charge < -0.3 is 11.1 Å². The molecule has 0 saturated heterocycles. The zero-order valence-corrected chi connectivity index (χ0v) is 8.37. The minimum absolute atomic E-state index is 0.855. The van der Waals surface area contributed by atoms with Gasteiger partial charge in [-0.1, -0.05) is 31.9 Å². The fourth-order valence-electron chi connectivity index (χ4n) is 0.800. The Bertz CT molecular complexity index is 151. The quantitative estimate of drug-likeness (QED) is 0.654. The molecule has 0 bridgehead atoms. The van der Waals surface area contributed by atoms with Gasteiger partial charge in [-0.2, -0.15) is 0 Å². The molecule has 13 heavy (non-hydrogen) atoms. The van der Waals surface area contributed by atoms with Crippen LogP contribution in [0.2, 0.25) is 0 Å². The number of nitrogens with two attached hydrogens (primary N) is 1. The molecule has 74 valence electrons. The van der Waals surface area contributed by atoms with Crippen LogP contribution in [-0.4, -0.2) is 6.54 Å². The molecule has 0 spiro atoms. The van der Waals surface area contributed by atoms with Gasteiger partial charge in [0.1, 0.15) is 0 Å². The lowest BCUT2D eigenvalue weighted by molar-refractivity contribution is 0.727. The highest BCUT2D eigenvalue weighted by atomic mass is 14.8. The van der Waals surface area contributed by atoms with E-state index in [0.29, 0.717) is 0 Å². The van der Waals surface area contributed by atoms with Crippen LogP contribution in [0.15, 0.2) is 36.7 Å². The first-order chi connectivity index (χ1) is 6.41. The summed E-state index contributed by atoms with van der Waals surface area (Å²) in [5.74, 6) is 0. The zero-order valence-electron chi connectivity index (χ0n) is 8.37. The number of nitrogens with one attached hydrogen (secondary N) is 1. The molecular formula is C11H20N2. The standard InChI is InChI=1S/C6H7N.C5H13N/c1-2-4-6-7-5-3-1;1-2-3-4-5-6/h1-7H;2-6H2,1H3. The van der Waals surface area contributed by atoms with E-state index in [0.717, 1.165) is 6.54 Å². The summed E-state index contributed by atoms with van der Waals surface area (Å²) in [7, 11) is 0. The molecule has 3 N–H and O–H groups in total. The molecule has 1 heterocycles. The second-order valence-corrected chi connectivity index (χ2v) is 2.77. The smallest absolute Gasteiger partial charge is 0.000442 e. The van der Waals surface area contributed by atoms with Crippen molar-refractivity contribution in [2.75, 3.05) is 6.54 Å². The lowest BCUT2D eigenvalue weighted by Crippen LogP contribution is -1.96. The molecule has 0 radical (unpaired) electrons. The first-order valence-corrected chi connectivity index (χ1v) is 4.86. The maximum atomic E-state index is 5.21. The van der Waals surface area contributed by atoms with Crippen molar-refractivity contribution in [2.24, 2.45) is 5.73 Å². The summed E-state index contributed by atoms with van der Waals surface area (Å²) in [4.78, 5) is 0. The van der Waals surface area contributed by atoms with E-state index in [9.17, 15) is 0 Å². The topological polar surface area (TPSA) is 38.0 Å². The van der Waals surface area contributed by atoms with Gasteiger partial charge in [0, 0.05) is 12.4 Å². The molecule has 1 rings (SSSR count). The Morgan fingerprint density at radius 3 is 2.00 bits per heavy atom. The van der Waals surface area contributed by atoms with Gasteiger partial charge in [-0.05, 0) is 25.1 Å². The highest BCUT2D eigenvalue weighted by molar-refractivity contribution is 5.14. The molecule has 1 aliphatic heterocycles. The molecule has 2 nitrogen and oxygen atoms in total. The lowest BCUT2D eigenvalue weighted by Gasteiger charge is -1.86. The number of hydrogen-bond donors (Lipinski definition) is 2. The minimum atomic E-state index is 0.855. The summed E-state index contributed by atoms with van der Waals surface area (Å²) in [6, 6.07) is 0. The van der Waals surface area contributed by atoms with Gasteiger partial charge in [0.25, 0.3) is 0 Å². The Balaban J connectivity index is 0.000000226. The van der Waals surface area contributed by atoms with Crippen molar-refractivity contribution in [1.82, 2.24) is 5.32 Å². The third-order valence-corrected chi connectivity index (χ3v) is 1.53. The number of allylic oxidation sites excluding steroid dienone is 4. The predicted octanol–water partition coefficient (Wildman–Crippen LogP) is 2.31. The zero-order chi connectivity index (χ0) is 9.78. The van der Waals surface area contributed by atoms with E-state index in [4.69, 9.17) is 5.73 Å². The Hall–Kier alpha value is -1.02. The minimum Gasteiger partial charge on any atom is -0.368 e. The summed E-state index contributed by atoms with van der Waals surface area (Å²) < 4.78 is 0. The normalized spacial score (nSPS) is 12.8. The van der Waals surface area contributed by atoms with Crippen LogP contribution in [-0.2, 0) is 0 Å². The first kappa shape index (κ1) is 12.0. The molecular weight excluding hydrogens is 160 g/mol. The maximum absolute atomic E-state index is 5.21. The average Bonchev–Trinajstić information content (AvgIpc) is 2.47. The molecule has 0 amide bonds. The van der Waals surface area contributed by atoms with Crippen LogP contribution < -0.4 is 11.1 Å². The highest BCUT2D eigenvalue weighted by Crippen LogP contribution is 1.88. The summed E-state index contributed by atoms with van der Waals surface area (Å²) in [5.41, 5.74) is 5.21. The molecule has 0 fully saturated rings. The second-order valence-electron chi connectivity index (χ2n) is 2.77. The molecule has 2 heteroatoms. The van der Waals surface area contributed by atoms with Crippen molar-refractivity contribution < 1.29 is 0 Å². The largest absolute Gasteiger partial charge is 0.368 e. The Morgan fingerprint density at radius 1 is 1.00 bits per heavy atom. The third kappa shape index (κ3) is 11.0. The van der Waals surface area contributed by atoms with Crippen LogP contribution in [0.25, 0.3) is 0 Å². The lowest BCUT2D eigenvalue weighted by atomic mass is 10.3. The van der Waals surface area contributed by atoms with E-state index in [-0.39, 0.29) is 0 Å². The Kier molecular flexibility index (Phi) is 10.1. The molecule has 0 aromatic heterocycles. The summed E-state index contributed by atoms with van der Waals surface area (Å²) in [6.45, 7) is 3.03. The van der Waals surface area contributed by atoms with Gasteiger partial charge >= 0.3 is 0 Å². The van der Waals surface area contributed by atoms with Crippen LogP contribution >= 0.6 is 0 Å². The van der Waals surface area contributed by atoms with Crippen LogP contribution in [0, 0.1) is 0 Å². The monoisotopic (exact) mass is 180 g/mol. The van der Waals surface area contributed by atoms with Gasteiger partial charge in [-0.25, -0.2) is 0 Å². The van der Waals surface area contributed by atoms with E-state index in [1.165, 1.54) is 19.3 Å². The van der Waals surface area contributed by atoms with E-state index in [2.05, 4.69) is 12.2 Å². The van der Waals surface area contributed by atoms with E-state index in [1.54, 1.807) is 0 Å². The van der Waals surface area contributed by atoms with Crippen molar-refractivity contribution in [3.8, 4) is 0 Å². The number of rotatable bonds is 3. The highest BCUT2D eigenvalue weighted by Gasteiger charge is 1.75. The van der Waals surface area contributed by atoms with Crippen LogP contribution in [0.1, 0.15) is 26.2 Å². The van der Waals surface area contributed by atoms with Crippen molar-refractivity contribution in [2.45, 2.75) is 26.2 Å². The number of hydrogen-bond acceptors (Lipinski definition) is 2. The molecule has 0 aromatic rings. The van der Waals surface area contributed by atoms with Crippen molar-refractivity contribution in [3.63, 3.8) is 0 Å². The summed E-state index contributed by atoms with van der Waals surface area (Å²) in [5, 5.41) is 2.92. The number of unbranched alkanes of at least 4 members (excludes halogenated alkanes) is 2. The second kappa shape index (κ2) is 11.0. The molecule has 0 aromatic carbocycles. The van der Waals surface area contributed by atoms with Crippen LogP contribution in [0.5, 0.6) is 0 Å². The summed E-state index contributed by atoms with van der Waals surface area (Å²) in [6.07, 6.45) is 15.3. The van der Waals surface area contributed by atoms with Crippen molar-refractivity contribution >= 4 is 0 Å². The van der Waals surface area contributed by atoms with Gasteiger partial charge in [-0.15, -0.1) is 0 Å². The van der Waals surface area contributed by atoms with E-state index in [1.807, 2.05) is 36.7 Å². The van der Waals surface area contributed by atoms with Crippen LogP contribution in [0.3, 0.4) is 0 Å². The van der Waals surface area contributed by atoms with Gasteiger partial charge in [-0.3, -0.25) is 0 Å². The van der Waals surface area contributed by atoms with Gasteiger partial charge in [0.05, 0.1) is 0 Å². The Morgan fingerprint density at radius 2 is 1.62 bits per heavy atom. The molecule has 0 unspecified atom stereocenters. The Labute approximate surface area is 81.2 Å². The van der Waals surface area contributed by atoms with Crippen LogP contribution in [0.4, 0.5) is 0 Å². The molecule has 1 aliphatic rings. The fraction of sp³-hybridized carbons (Fsp3) is 0.455. The predicted molar refractivity (Wildman–Crippen MR) is 59.1 cm³/mol. The maximum Gasteiger partial charge on any atom is 0.000442 e. The van der Waals surface area contributed by atoms with E-state index >= 15 is 0 Å². The summed E-state index contributed by atoms with van der Waals surface area (Å²) >= 11 is 0. The van der Waals surface area contributed by atoms with Gasteiger partial charge in [0.15, 0.2) is 0 Å². The van der Waals surface area contributed by atoms with Crippen molar-refractivity contribution in [3.05, 3.63) is 36.7 Å². The van der Waals surface area contributed by atoms with Crippen molar-refractivity contribution in [1.29, 1.82) is 0 Å². The molecule has 0 aliphatic carbocycles. The molecule has 0 atom stereocenters. The fourth-order valence-corrected chi connectivity index (χ4v) is 0.800. The van der Waals surface area contributed by atoms with E-state index < -0.39 is 0 Å². The molecule has 0 saturated carbocycles. The van der Waals surface area contributed by atoms with Gasteiger partial charge in [0.2, 0.25) is 0 Å².